The molecule has 0 bridgehead atoms. The molecular weight excluding hydrogens is 467 g/mol. The largest absolute Gasteiger partial charge is 0.513 e. The number of hydrogen-bond acceptors (Lipinski definition) is 5. The van der Waals surface area contributed by atoms with Gasteiger partial charge in [-0.15, -0.1) is 0 Å². The van der Waals surface area contributed by atoms with Crippen LogP contribution in [0.2, 0.25) is 10.0 Å². The molecule has 0 saturated heterocycles. The second kappa shape index (κ2) is 11.4. The second-order valence-corrected chi connectivity index (χ2v) is 7.61. The number of ether oxygens (including phenoxy) is 2. The summed E-state index contributed by atoms with van der Waals surface area (Å²) < 4.78 is 9.68. The first-order chi connectivity index (χ1) is 15.9. The predicted molar refractivity (Wildman–Crippen MR) is 126 cm³/mol. The van der Waals surface area contributed by atoms with Gasteiger partial charge in [-0.25, -0.2) is 4.79 Å². The molecule has 7 nitrogen and oxygen atoms in total. The summed E-state index contributed by atoms with van der Waals surface area (Å²) in [5.74, 6) is -0.436. The van der Waals surface area contributed by atoms with Gasteiger partial charge in [-0.3, -0.25) is 9.59 Å². The summed E-state index contributed by atoms with van der Waals surface area (Å²) >= 11 is 12.0. The molecular formula is C24H20Cl2N2O5. The Bertz CT molecular complexity index is 1170. The summed E-state index contributed by atoms with van der Waals surface area (Å²) in [6.45, 7) is 2.11. The molecule has 0 fully saturated rings. The van der Waals surface area contributed by atoms with E-state index in [1.165, 1.54) is 30.3 Å². The molecule has 0 radical (unpaired) electrons. The molecule has 9 heteroatoms. The van der Waals surface area contributed by atoms with Crippen molar-refractivity contribution in [1.82, 2.24) is 5.32 Å². The van der Waals surface area contributed by atoms with Gasteiger partial charge in [0.15, 0.2) is 0 Å². The van der Waals surface area contributed by atoms with Crippen molar-refractivity contribution in [2.75, 3.05) is 11.9 Å². The zero-order chi connectivity index (χ0) is 23.8. The number of hydrogen-bond donors (Lipinski definition) is 2. The first kappa shape index (κ1) is 24.1. The number of carbonyl (C=O) groups excluding carboxylic acids is 3. The first-order valence-corrected chi connectivity index (χ1v) is 10.7. The third-order valence-corrected chi connectivity index (χ3v) is 4.96. The van der Waals surface area contributed by atoms with Crippen LogP contribution in [0.4, 0.5) is 10.5 Å². The quantitative estimate of drug-likeness (QED) is 0.329. The number of halogens is 2. The Morgan fingerprint density at radius 2 is 1.67 bits per heavy atom. The molecule has 0 aromatic heterocycles. The van der Waals surface area contributed by atoms with Gasteiger partial charge in [-0.1, -0.05) is 35.3 Å². The molecule has 3 aromatic carbocycles. The molecule has 0 aliphatic rings. The molecule has 0 heterocycles. The highest BCUT2D eigenvalue weighted by Crippen LogP contribution is 2.21. The third-order valence-electron chi connectivity index (χ3n) is 4.39. The van der Waals surface area contributed by atoms with E-state index in [1.807, 2.05) is 6.07 Å². The molecule has 0 saturated carbocycles. The maximum Gasteiger partial charge on any atom is 0.513 e. The van der Waals surface area contributed by atoms with Gasteiger partial charge < -0.3 is 20.1 Å². The van der Waals surface area contributed by atoms with E-state index in [4.69, 9.17) is 32.7 Å². The van der Waals surface area contributed by atoms with E-state index < -0.39 is 6.16 Å². The van der Waals surface area contributed by atoms with Gasteiger partial charge in [0.2, 0.25) is 0 Å². The lowest BCUT2D eigenvalue weighted by atomic mass is 10.1. The number of benzene rings is 3. The van der Waals surface area contributed by atoms with Crippen molar-refractivity contribution in [2.45, 2.75) is 13.5 Å². The lowest BCUT2D eigenvalue weighted by Crippen LogP contribution is -2.23. The van der Waals surface area contributed by atoms with Crippen LogP contribution in [-0.4, -0.2) is 24.6 Å². The average Bonchev–Trinajstić information content (AvgIpc) is 2.80. The van der Waals surface area contributed by atoms with Gasteiger partial charge in [0, 0.05) is 22.8 Å². The number of amides is 2. The van der Waals surface area contributed by atoms with E-state index in [1.54, 1.807) is 37.3 Å². The lowest BCUT2D eigenvalue weighted by Gasteiger charge is -2.10. The predicted octanol–water partition coefficient (Wildman–Crippen LogP) is 5.71. The fourth-order valence-corrected chi connectivity index (χ4v) is 3.20. The summed E-state index contributed by atoms with van der Waals surface area (Å²) in [5.41, 5.74) is 1.99. The molecule has 0 aliphatic heterocycles. The molecule has 2 N–H and O–H groups in total. The average molecular weight is 487 g/mol. The minimum Gasteiger partial charge on any atom is -0.434 e. The number of rotatable bonds is 7. The van der Waals surface area contributed by atoms with Crippen LogP contribution in [0.1, 0.15) is 33.2 Å². The second-order valence-electron chi connectivity index (χ2n) is 6.77. The molecule has 3 aromatic rings. The van der Waals surface area contributed by atoms with Crippen LogP contribution in [0.25, 0.3) is 0 Å². The smallest absolute Gasteiger partial charge is 0.434 e. The van der Waals surface area contributed by atoms with Crippen molar-refractivity contribution in [3.05, 3.63) is 93.5 Å². The Hall–Kier alpha value is -3.55. The third kappa shape index (κ3) is 6.97. The van der Waals surface area contributed by atoms with Crippen LogP contribution in [0, 0.1) is 0 Å². The Balaban J connectivity index is 1.59. The van der Waals surface area contributed by atoms with E-state index in [0.717, 1.165) is 5.56 Å². The number of anilines is 1. The maximum atomic E-state index is 12.5. The zero-order valence-corrected chi connectivity index (χ0v) is 19.1. The topological polar surface area (TPSA) is 93.7 Å². The number of carbonyl (C=O) groups is 3. The zero-order valence-electron chi connectivity index (χ0n) is 17.6. The van der Waals surface area contributed by atoms with Crippen molar-refractivity contribution in [2.24, 2.45) is 0 Å². The van der Waals surface area contributed by atoms with Crippen LogP contribution < -0.4 is 15.4 Å². The Kier molecular flexibility index (Phi) is 8.29. The van der Waals surface area contributed by atoms with Crippen molar-refractivity contribution < 1.29 is 23.9 Å². The highest BCUT2D eigenvalue weighted by Gasteiger charge is 2.12. The highest BCUT2D eigenvalue weighted by atomic mass is 35.5. The number of nitrogens with one attached hydrogen (secondary N) is 2. The summed E-state index contributed by atoms with van der Waals surface area (Å²) in [4.78, 5) is 36.3. The van der Waals surface area contributed by atoms with Crippen LogP contribution in [-0.2, 0) is 11.3 Å². The van der Waals surface area contributed by atoms with Gasteiger partial charge >= 0.3 is 6.16 Å². The molecule has 0 aliphatic carbocycles. The normalized spacial score (nSPS) is 10.3. The molecule has 0 atom stereocenters. The van der Waals surface area contributed by atoms with Gasteiger partial charge in [0.1, 0.15) is 5.75 Å². The molecule has 0 spiro atoms. The van der Waals surface area contributed by atoms with E-state index >= 15 is 0 Å². The van der Waals surface area contributed by atoms with E-state index in [2.05, 4.69) is 10.6 Å². The fraction of sp³-hybridized carbons (Fsp3) is 0.125. The van der Waals surface area contributed by atoms with Crippen molar-refractivity contribution >= 4 is 46.9 Å². The van der Waals surface area contributed by atoms with Gasteiger partial charge in [-0.05, 0) is 67.1 Å². The molecule has 33 heavy (non-hydrogen) atoms. The highest BCUT2D eigenvalue weighted by molar-refractivity contribution is 6.35. The van der Waals surface area contributed by atoms with Crippen LogP contribution in [0.15, 0.2) is 66.7 Å². The summed E-state index contributed by atoms with van der Waals surface area (Å²) in [7, 11) is 0. The Morgan fingerprint density at radius 3 is 2.39 bits per heavy atom. The van der Waals surface area contributed by atoms with E-state index in [-0.39, 0.29) is 36.3 Å². The molecule has 0 unspecified atom stereocenters. The minimum atomic E-state index is -0.809. The lowest BCUT2D eigenvalue weighted by molar-refractivity contribution is 0.0949. The van der Waals surface area contributed by atoms with Crippen LogP contribution in [0.3, 0.4) is 0 Å². The van der Waals surface area contributed by atoms with Crippen molar-refractivity contribution in [3.63, 3.8) is 0 Å². The van der Waals surface area contributed by atoms with E-state index in [9.17, 15) is 14.4 Å². The Labute approximate surface area is 200 Å². The minimum absolute atomic E-state index is 0.205. The van der Waals surface area contributed by atoms with Crippen molar-refractivity contribution in [3.8, 4) is 5.75 Å². The molecule has 2 amide bonds. The monoisotopic (exact) mass is 486 g/mol. The maximum absolute atomic E-state index is 12.5. The van der Waals surface area contributed by atoms with Crippen LogP contribution in [0.5, 0.6) is 5.75 Å². The first-order valence-electron chi connectivity index (χ1n) is 9.94. The Morgan fingerprint density at radius 1 is 0.909 bits per heavy atom. The van der Waals surface area contributed by atoms with Gasteiger partial charge in [-0.2, -0.15) is 0 Å². The van der Waals surface area contributed by atoms with Crippen LogP contribution >= 0.6 is 23.2 Å². The van der Waals surface area contributed by atoms with Gasteiger partial charge in [0.25, 0.3) is 11.8 Å². The summed E-state index contributed by atoms with van der Waals surface area (Å²) in [6.07, 6.45) is -0.809. The fourth-order valence-electron chi connectivity index (χ4n) is 2.83. The summed E-state index contributed by atoms with van der Waals surface area (Å²) in [5, 5.41) is 6.29. The molecule has 3 rings (SSSR count). The summed E-state index contributed by atoms with van der Waals surface area (Å²) in [6, 6.07) is 17.8. The van der Waals surface area contributed by atoms with Gasteiger partial charge in [0.05, 0.1) is 17.2 Å². The van der Waals surface area contributed by atoms with E-state index in [0.29, 0.717) is 21.3 Å². The SMILES string of the molecule is CCOC(=O)Oc1ccc(C(=O)Nc2cccc(CNC(=O)c3cc(Cl)ccc3Cl)c2)cc1. The standard InChI is InChI=1S/C24H20Cl2N2O5/c1-2-32-24(31)33-19-9-6-16(7-10-19)22(29)28-18-5-3-4-15(12-18)14-27-23(30)20-13-17(25)8-11-21(20)26/h3-13H,2,14H2,1H3,(H,27,30)(H,28,29). The molecule has 170 valence electrons. The van der Waals surface area contributed by atoms with Crippen molar-refractivity contribution in [1.29, 1.82) is 0 Å².